The first-order chi connectivity index (χ1) is 6.77. The minimum absolute atomic E-state index is 0.00718. The summed E-state index contributed by atoms with van der Waals surface area (Å²) in [6, 6.07) is 0.151. The molecule has 1 heterocycles. The zero-order valence-electron chi connectivity index (χ0n) is 8.35. The molecule has 0 aromatic carbocycles. The van der Waals surface area contributed by atoms with Gasteiger partial charge in [-0.05, 0) is 12.8 Å². The zero-order chi connectivity index (χ0) is 9.97. The molecule has 0 radical (unpaired) electrons. The number of aliphatic hydroxyl groups is 2. The van der Waals surface area contributed by atoms with Gasteiger partial charge in [0, 0.05) is 6.04 Å². The molecular formula is C10H19NO3. The van der Waals surface area contributed by atoms with Gasteiger partial charge in [-0.15, -0.1) is 0 Å². The average molecular weight is 201 g/mol. The fraction of sp³-hybridized carbons (Fsp3) is 1.00. The van der Waals surface area contributed by atoms with Gasteiger partial charge >= 0.3 is 0 Å². The lowest BCUT2D eigenvalue weighted by Crippen LogP contribution is -2.50. The number of hydrogen-bond acceptors (Lipinski definition) is 4. The van der Waals surface area contributed by atoms with Crippen molar-refractivity contribution in [2.75, 3.05) is 13.2 Å². The Morgan fingerprint density at radius 2 is 1.71 bits per heavy atom. The Morgan fingerprint density at radius 1 is 0.929 bits per heavy atom. The molecule has 1 aliphatic carbocycles. The van der Waals surface area contributed by atoms with Crippen molar-refractivity contribution in [3.8, 4) is 0 Å². The summed E-state index contributed by atoms with van der Waals surface area (Å²) in [5.41, 5.74) is 0. The number of nitrogens with one attached hydrogen (secondary N) is 1. The summed E-state index contributed by atoms with van der Waals surface area (Å²) in [7, 11) is 0. The van der Waals surface area contributed by atoms with Crippen LogP contribution in [0.25, 0.3) is 0 Å². The highest BCUT2D eigenvalue weighted by Gasteiger charge is 2.31. The van der Waals surface area contributed by atoms with Crippen LogP contribution in [0.1, 0.15) is 25.7 Å². The van der Waals surface area contributed by atoms with E-state index in [9.17, 15) is 10.2 Å². The molecule has 2 fully saturated rings. The standard InChI is InChI=1S/C10H19NO3/c12-9-4-2-1-3-7(9)11-8-5-14-6-10(8)13/h7-13H,1-6H2. The second-order valence-electron chi connectivity index (χ2n) is 4.34. The maximum atomic E-state index is 9.73. The maximum absolute atomic E-state index is 9.73. The molecule has 4 atom stereocenters. The van der Waals surface area contributed by atoms with E-state index in [4.69, 9.17) is 4.74 Å². The van der Waals surface area contributed by atoms with Crippen molar-refractivity contribution in [2.24, 2.45) is 0 Å². The van der Waals surface area contributed by atoms with Gasteiger partial charge in [0.2, 0.25) is 0 Å². The normalized spacial score (nSPS) is 44.1. The molecule has 4 nitrogen and oxygen atoms in total. The molecule has 0 amide bonds. The summed E-state index contributed by atoms with van der Waals surface area (Å²) < 4.78 is 5.15. The minimum Gasteiger partial charge on any atom is -0.392 e. The molecule has 3 N–H and O–H groups in total. The Morgan fingerprint density at radius 3 is 2.36 bits per heavy atom. The van der Waals surface area contributed by atoms with Crippen LogP contribution in [0.2, 0.25) is 0 Å². The largest absolute Gasteiger partial charge is 0.392 e. The monoisotopic (exact) mass is 201 g/mol. The van der Waals surface area contributed by atoms with Crippen molar-refractivity contribution >= 4 is 0 Å². The molecule has 2 aliphatic rings. The molecule has 1 saturated carbocycles. The van der Waals surface area contributed by atoms with E-state index in [0.717, 1.165) is 19.3 Å². The number of rotatable bonds is 2. The zero-order valence-corrected chi connectivity index (χ0v) is 8.35. The van der Waals surface area contributed by atoms with Crippen LogP contribution in [-0.2, 0) is 4.74 Å². The van der Waals surface area contributed by atoms with Crippen LogP contribution >= 0.6 is 0 Å². The molecule has 0 bridgehead atoms. The Labute approximate surface area is 84.3 Å². The fourth-order valence-electron chi connectivity index (χ4n) is 2.28. The Balaban J connectivity index is 1.83. The number of hydrogen-bond donors (Lipinski definition) is 3. The van der Waals surface area contributed by atoms with Gasteiger partial charge in [0.15, 0.2) is 0 Å². The molecule has 1 aliphatic heterocycles. The molecule has 4 unspecified atom stereocenters. The van der Waals surface area contributed by atoms with Crippen LogP contribution in [0.3, 0.4) is 0 Å². The van der Waals surface area contributed by atoms with E-state index in [1.807, 2.05) is 0 Å². The summed E-state index contributed by atoms with van der Waals surface area (Å²) in [4.78, 5) is 0. The van der Waals surface area contributed by atoms with Crippen LogP contribution in [0.4, 0.5) is 0 Å². The van der Waals surface area contributed by atoms with Gasteiger partial charge in [0.05, 0.1) is 31.5 Å². The molecule has 82 valence electrons. The van der Waals surface area contributed by atoms with E-state index in [1.165, 1.54) is 6.42 Å². The Hall–Kier alpha value is -0.160. The van der Waals surface area contributed by atoms with Gasteiger partial charge in [-0.3, -0.25) is 0 Å². The molecule has 0 aromatic heterocycles. The second-order valence-corrected chi connectivity index (χ2v) is 4.34. The van der Waals surface area contributed by atoms with Crippen LogP contribution in [0, 0.1) is 0 Å². The SMILES string of the molecule is OC1CCCCC1NC1COCC1O. The van der Waals surface area contributed by atoms with Crippen molar-refractivity contribution in [3.05, 3.63) is 0 Å². The lowest BCUT2D eigenvalue weighted by Gasteiger charge is -2.31. The van der Waals surface area contributed by atoms with Gasteiger partial charge in [-0.25, -0.2) is 0 Å². The molecule has 14 heavy (non-hydrogen) atoms. The third kappa shape index (κ3) is 2.25. The first kappa shape index (κ1) is 10.4. The quantitative estimate of drug-likeness (QED) is 0.571. The average Bonchev–Trinajstić information content (AvgIpc) is 2.56. The van der Waals surface area contributed by atoms with E-state index >= 15 is 0 Å². The predicted molar refractivity (Wildman–Crippen MR) is 52.0 cm³/mol. The van der Waals surface area contributed by atoms with E-state index < -0.39 is 6.10 Å². The van der Waals surface area contributed by atoms with E-state index in [2.05, 4.69) is 5.32 Å². The van der Waals surface area contributed by atoms with Crippen molar-refractivity contribution in [3.63, 3.8) is 0 Å². The predicted octanol–water partition coefficient (Wildman–Crippen LogP) is -0.361. The summed E-state index contributed by atoms with van der Waals surface area (Å²) >= 11 is 0. The Kier molecular flexibility index (Phi) is 3.38. The van der Waals surface area contributed by atoms with Crippen molar-refractivity contribution in [1.29, 1.82) is 0 Å². The summed E-state index contributed by atoms with van der Waals surface area (Å²) in [6.45, 7) is 0.977. The van der Waals surface area contributed by atoms with Gasteiger partial charge < -0.3 is 20.3 Å². The highest BCUT2D eigenvalue weighted by atomic mass is 16.5. The third-order valence-electron chi connectivity index (χ3n) is 3.21. The number of ether oxygens (including phenoxy) is 1. The highest BCUT2D eigenvalue weighted by Crippen LogP contribution is 2.20. The lowest BCUT2D eigenvalue weighted by molar-refractivity contribution is 0.0713. The molecule has 2 rings (SSSR count). The third-order valence-corrected chi connectivity index (χ3v) is 3.21. The van der Waals surface area contributed by atoms with Gasteiger partial charge in [0.25, 0.3) is 0 Å². The topological polar surface area (TPSA) is 61.7 Å². The van der Waals surface area contributed by atoms with Gasteiger partial charge in [0.1, 0.15) is 0 Å². The smallest absolute Gasteiger partial charge is 0.0948 e. The lowest BCUT2D eigenvalue weighted by atomic mass is 9.92. The van der Waals surface area contributed by atoms with Crippen molar-refractivity contribution in [1.82, 2.24) is 5.32 Å². The first-order valence-electron chi connectivity index (χ1n) is 5.47. The maximum Gasteiger partial charge on any atom is 0.0948 e. The van der Waals surface area contributed by atoms with Crippen LogP contribution < -0.4 is 5.32 Å². The summed E-state index contributed by atoms with van der Waals surface area (Å²) in [5, 5.41) is 22.6. The van der Waals surface area contributed by atoms with E-state index in [0.29, 0.717) is 13.2 Å². The fourth-order valence-corrected chi connectivity index (χ4v) is 2.28. The van der Waals surface area contributed by atoms with Crippen molar-refractivity contribution in [2.45, 2.75) is 50.0 Å². The molecule has 0 spiro atoms. The van der Waals surface area contributed by atoms with Crippen LogP contribution in [-0.4, -0.2) is 47.7 Å². The van der Waals surface area contributed by atoms with Gasteiger partial charge in [-0.2, -0.15) is 0 Å². The molecule has 4 heteroatoms. The van der Waals surface area contributed by atoms with Crippen LogP contribution in [0.15, 0.2) is 0 Å². The summed E-state index contributed by atoms with van der Waals surface area (Å²) in [6.07, 6.45) is 3.49. The Bertz CT molecular complexity index is 188. The number of aliphatic hydroxyl groups excluding tert-OH is 2. The first-order valence-corrected chi connectivity index (χ1v) is 5.47. The molecule has 0 aromatic rings. The van der Waals surface area contributed by atoms with E-state index in [-0.39, 0.29) is 18.2 Å². The highest BCUT2D eigenvalue weighted by molar-refractivity contribution is 4.88. The molecular weight excluding hydrogens is 182 g/mol. The van der Waals surface area contributed by atoms with E-state index in [1.54, 1.807) is 0 Å². The minimum atomic E-state index is -0.413. The second kappa shape index (κ2) is 4.57. The van der Waals surface area contributed by atoms with Crippen LogP contribution in [0.5, 0.6) is 0 Å². The van der Waals surface area contributed by atoms with Crippen molar-refractivity contribution < 1.29 is 14.9 Å². The molecule has 1 saturated heterocycles. The van der Waals surface area contributed by atoms with Gasteiger partial charge in [-0.1, -0.05) is 12.8 Å². The summed E-state index contributed by atoms with van der Waals surface area (Å²) in [5.74, 6) is 0.